The fraction of sp³-hybridized carbons (Fsp3) is 0.909. The molecule has 14 heavy (non-hydrogen) atoms. The Morgan fingerprint density at radius 1 is 1.21 bits per heavy atom. The third-order valence-corrected chi connectivity index (χ3v) is 2.74. The topological polar surface area (TPSA) is 29.5 Å². The number of likely N-dealkylation sites (tertiary alicyclic amines) is 1. The second-order valence-corrected chi connectivity index (χ2v) is 3.93. The predicted octanol–water partition coefficient (Wildman–Crippen LogP) is 1.47. The summed E-state index contributed by atoms with van der Waals surface area (Å²) in [6.07, 6.45) is 5.15. The lowest BCUT2D eigenvalue weighted by Gasteiger charge is -2.25. The van der Waals surface area contributed by atoms with Crippen molar-refractivity contribution in [1.82, 2.24) is 4.90 Å². The van der Waals surface area contributed by atoms with E-state index in [1.54, 1.807) is 7.11 Å². The molecule has 0 spiro atoms. The number of carbonyl (C=O) groups excluding carboxylic acids is 1. The molecule has 0 atom stereocenters. The molecule has 0 aromatic carbocycles. The smallest absolute Gasteiger partial charge is 0.135 e. The SMILES string of the molecule is COCCCCCN1CCC(=O)CC1. The second kappa shape index (κ2) is 6.96. The fourth-order valence-electron chi connectivity index (χ4n) is 1.78. The maximum absolute atomic E-state index is 11.0. The largest absolute Gasteiger partial charge is 0.385 e. The van der Waals surface area contributed by atoms with Crippen LogP contribution in [-0.2, 0) is 9.53 Å². The van der Waals surface area contributed by atoms with Crippen LogP contribution in [0.25, 0.3) is 0 Å². The minimum absolute atomic E-state index is 0.431. The molecule has 1 rings (SSSR count). The van der Waals surface area contributed by atoms with Gasteiger partial charge in [-0.15, -0.1) is 0 Å². The highest BCUT2D eigenvalue weighted by Crippen LogP contribution is 2.07. The van der Waals surface area contributed by atoms with Crippen LogP contribution in [-0.4, -0.2) is 44.0 Å². The van der Waals surface area contributed by atoms with E-state index in [9.17, 15) is 4.79 Å². The zero-order valence-electron chi connectivity index (χ0n) is 9.13. The average Bonchev–Trinajstić information content (AvgIpc) is 2.21. The van der Waals surface area contributed by atoms with Crippen molar-refractivity contribution in [3.63, 3.8) is 0 Å². The van der Waals surface area contributed by atoms with Crippen LogP contribution in [0, 0.1) is 0 Å². The molecule has 0 bridgehead atoms. The third-order valence-electron chi connectivity index (χ3n) is 2.74. The van der Waals surface area contributed by atoms with Gasteiger partial charge in [-0.2, -0.15) is 0 Å². The lowest BCUT2D eigenvalue weighted by Crippen LogP contribution is -2.34. The summed E-state index contributed by atoms with van der Waals surface area (Å²) in [7, 11) is 1.75. The molecule has 0 unspecified atom stereocenters. The molecule has 0 aromatic heterocycles. The molecule has 0 N–H and O–H groups in total. The first-order valence-corrected chi connectivity index (χ1v) is 5.56. The number of ketones is 1. The molecule has 1 heterocycles. The van der Waals surface area contributed by atoms with E-state index in [1.807, 2.05) is 0 Å². The first-order valence-electron chi connectivity index (χ1n) is 5.56. The normalized spacial score (nSPS) is 18.8. The highest BCUT2D eigenvalue weighted by molar-refractivity contribution is 5.79. The molecule has 0 aromatic rings. The van der Waals surface area contributed by atoms with Crippen LogP contribution in [0.2, 0.25) is 0 Å². The van der Waals surface area contributed by atoms with E-state index in [-0.39, 0.29) is 0 Å². The monoisotopic (exact) mass is 199 g/mol. The Balaban J connectivity index is 1.94. The minimum atomic E-state index is 0.431. The maximum Gasteiger partial charge on any atom is 0.135 e. The Labute approximate surface area is 86.4 Å². The first-order chi connectivity index (χ1) is 6.83. The highest BCUT2D eigenvalue weighted by Gasteiger charge is 2.14. The zero-order chi connectivity index (χ0) is 10.2. The molecule has 82 valence electrons. The number of rotatable bonds is 6. The molecule has 1 saturated heterocycles. The lowest BCUT2D eigenvalue weighted by atomic mass is 10.1. The van der Waals surface area contributed by atoms with Gasteiger partial charge in [-0.25, -0.2) is 0 Å². The molecule has 0 radical (unpaired) electrons. The molecule has 1 fully saturated rings. The van der Waals surface area contributed by atoms with Gasteiger partial charge in [0.2, 0.25) is 0 Å². The van der Waals surface area contributed by atoms with E-state index in [4.69, 9.17) is 4.74 Å². The van der Waals surface area contributed by atoms with Crippen LogP contribution < -0.4 is 0 Å². The van der Waals surface area contributed by atoms with Gasteiger partial charge in [-0.3, -0.25) is 4.79 Å². The lowest BCUT2D eigenvalue weighted by molar-refractivity contribution is -0.121. The Hall–Kier alpha value is -0.410. The van der Waals surface area contributed by atoms with Crippen molar-refractivity contribution < 1.29 is 9.53 Å². The number of piperidine rings is 1. The number of unbranched alkanes of at least 4 members (excludes halogenated alkanes) is 2. The number of Topliss-reactive ketones (excluding diaryl/α,β-unsaturated/α-hetero) is 1. The molecule has 1 aliphatic heterocycles. The summed E-state index contributed by atoms with van der Waals surface area (Å²) in [5, 5.41) is 0. The van der Waals surface area contributed by atoms with Crippen molar-refractivity contribution in [2.45, 2.75) is 32.1 Å². The van der Waals surface area contributed by atoms with Crippen molar-refractivity contribution in [1.29, 1.82) is 0 Å². The van der Waals surface area contributed by atoms with Gasteiger partial charge in [-0.1, -0.05) is 0 Å². The van der Waals surface area contributed by atoms with Crippen LogP contribution in [0.5, 0.6) is 0 Å². The summed E-state index contributed by atoms with van der Waals surface area (Å²) >= 11 is 0. The van der Waals surface area contributed by atoms with Crippen LogP contribution in [0.4, 0.5) is 0 Å². The standard InChI is InChI=1S/C11H21NO2/c1-14-10-4-2-3-7-12-8-5-11(13)6-9-12/h2-10H2,1H3. The molecule has 3 nitrogen and oxygen atoms in total. The van der Waals surface area contributed by atoms with E-state index in [2.05, 4.69) is 4.90 Å². The molecule has 0 aliphatic carbocycles. The van der Waals surface area contributed by atoms with Gasteiger partial charge in [0, 0.05) is 39.6 Å². The number of hydrogen-bond donors (Lipinski definition) is 0. The number of carbonyl (C=O) groups is 1. The van der Waals surface area contributed by atoms with Gasteiger partial charge in [0.15, 0.2) is 0 Å². The van der Waals surface area contributed by atoms with Crippen molar-refractivity contribution in [2.75, 3.05) is 33.4 Å². The molecular weight excluding hydrogens is 178 g/mol. The number of hydrogen-bond acceptors (Lipinski definition) is 3. The molecule has 0 saturated carbocycles. The number of ether oxygens (including phenoxy) is 1. The number of nitrogens with zero attached hydrogens (tertiary/aromatic N) is 1. The van der Waals surface area contributed by atoms with Gasteiger partial charge in [0.05, 0.1) is 0 Å². The van der Waals surface area contributed by atoms with Gasteiger partial charge in [-0.05, 0) is 25.8 Å². The Bertz CT molecular complexity index is 161. The average molecular weight is 199 g/mol. The maximum atomic E-state index is 11.0. The van der Waals surface area contributed by atoms with E-state index < -0.39 is 0 Å². The summed E-state index contributed by atoms with van der Waals surface area (Å²) in [6.45, 7) is 3.97. The van der Waals surface area contributed by atoms with E-state index >= 15 is 0 Å². The second-order valence-electron chi connectivity index (χ2n) is 3.93. The van der Waals surface area contributed by atoms with E-state index in [1.165, 1.54) is 12.8 Å². The fourth-order valence-corrected chi connectivity index (χ4v) is 1.78. The van der Waals surface area contributed by atoms with Crippen molar-refractivity contribution in [3.8, 4) is 0 Å². The molecular formula is C11H21NO2. The van der Waals surface area contributed by atoms with E-state index in [0.717, 1.165) is 45.5 Å². The van der Waals surface area contributed by atoms with Crippen molar-refractivity contribution in [2.24, 2.45) is 0 Å². The Kier molecular flexibility index (Phi) is 5.80. The van der Waals surface area contributed by atoms with Gasteiger partial charge < -0.3 is 9.64 Å². The summed E-state index contributed by atoms with van der Waals surface area (Å²) in [5.41, 5.74) is 0. The zero-order valence-corrected chi connectivity index (χ0v) is 9.13. The van der Waals surface area contributed by atoms with Gasteiger partial charge in [0.1, 0.15) is 5.78 Å². The van der Waals surface area contributed by atoms with Crippen LogP contribution in [0.3, 0.4) is 0 Å². The highest BCUT2D eigenvalue weighted by atomic mass is 16.5. The van der Waals surface area contributed by atoms with Crippen LogP contribution >= 0.6 is 0 Å². The van der Waals surface area contributed by atoms with Gasteiger partial charge in [0.25, 0.3) is 0 Å². The predicted molar refractivity (Wildman–Crippen MR) is 56.4 cm³/mol. The van der Waals surface area contributed by atoms with Gasteiger partial charge >= 0.3 is 0 Å². The van der Waals surface area contributed by atoms with E-state index in [0.29, 0.717) is 5.78 Å². The molecule has 1 aliphatic rings. The molecule has 0 amide bonds. The first kappa shape index (κ1) is 11.7. The van der Waals surface area contributed by atoms with Crippen LogP contribution in [0.15, 0.2) is 0 Å². The Morgan fingerprint density at radius 3 is 2.57 bits per heavy atom. The van der Waals surface area contributed by atoms with Crippen molar-refractivity contribution >= 4 is 5.78 Å². The van der Waals surface area contributed by atoms with Crippen LogP contribution in [0.1, 0.15) is 32.1 Å². The summed E-state index contributed by atoms with van der Waals surface area (Å²) in [4.78, 5) is 13.4. The third kappa shape index (κ3) is 4.72. The quantitative estimate of drug-likeness (QED) is 0.607. The molecule has 3 heteroatoms. The summed E-state index contributed by atoms with van der Waals surface area (Å²) in [6, 6.07) is 0. The summed E-state index contributed by atoms with van der Waals surface area (Å²) < 4.78 is 4.99. The summed E-state index contributed by atoms with van der Waals surface area (Å²) in [5.74, 6) is 0.431. The number of methoxy groups -OCH3 is 1. The Morgan fingerprint density at radius 2 is 1.93 bits per heavy atom. The van der Waals surface area contributed by atoms with Crippen molar-refractivity contribution in [3.05, 3.63) is 0 Å². The minimum Gasteiger partial charge on any atom is -0.385 e.